The number of rotatable bonds is 8. The lowest BCUT2D eigenvalue weighted by Crippen LogP contribution is -1.99. The van der Waals surface area contributed by atoms with Gasteiger partial charge in [0.25, 0.3) is 0 Å². The molecule has 1 rings (SSSR count). The van der Waals surface area contributed by atoms with E-state index in [1.807, 2.05) is 12.1 Å². The molecule has 0 amide bonds. The number of carbonyl (C=O) groups is 1. The summed E-state index contributed by atoms with van der Waals surface area (Å²) in [6.07, 6.45) is 8.39. The molecular weight excluding hydrogens is 248 g/mol. The number of hydrogen-bond acceptors (Lipinski definition) is 1. The molecule has 2 nitrogen and oxygen atoms in total. The standard InChI is InChI=1S/C18H26O2/c1-4-6-7-15(5-2)12-14(3)13-16-8-10-17(11-9-16)18(19)20/h8-11,13,15H,4-7,12H2,1-3H3,(H,19,20). The van der Waals surface area contributed by atoms with Gasteiger partial charge in [0.15, 0.2) is 0 Å². The molecule has 0 saturated heterocycles. The topological polar surface area (TPSA) is 37.3 Å². The maximum atomic E-state index is 10.8. The van der Waals surface area contributed by atoms with Crippen LogP contribution in [0.25, 0.3) is 6.08 Å². The van der Waals surface area contributed by atoms with Gasteiger partial charge in [0.05, 0.1) is 5.56 Å². The minimum absolute atomic E-state index is 0.342. The van der Waals surface area contributed by atoms with E-state index in [1.54, 1.807) is 12.1 Å². The Kier molecular flexibility index (Phi) is 7.06. The second kappa shape index (κ2) is 8.57. The first-order valence-corrected chi connectivity index (χ1v) is 7.57. The number of carboxylic acids is 1. The highest BCUT2D eigenvalue weighted by molar-refractivity contribution is 5.87. The van der Waals surface area contributed by atoms with Gasteiger partial charge >= 0.3 is 5.97 Å². The zero-order valence-corrected chi connectivity index (χ0v) is 12.9. The first-order chi connectivity index (χ1) is 9.56. The third kappa shape index (κ3) is 5.60. The Hall–Kier alpha value is -1.57. The second-order valence-corrected chi connectivity index (χ2v) is 5.54. The molecule has 20 heavy (non-hydrogen) atoms. The molecule has 1 unspecified atom stereocenters. The molecule has 0 aliphatic rings. The van der Waals surface area contributed by atoms with Crippen LogP contribution in [0.4, 0.5) is 0 Å². The fourth-order valence-electron chi connectivity index (χ4n) is 2.46. The Morgan fingerprint density at radius 1 is 1.25 bits per heavy atom. The van der Waals surface area contributed by atoms with Gasteiger partial charge in [0.1, 0.15) is 0 Å². The summed E-state index contributed by atoms with van der Waals surface area (Å²) in [7, 11) is 0. The van der Waals surface area contributed by atoms with Gasteiger partial charge < -0.3 is 5.11 Å². The summed E-state index contributed by atoms with van der Waals surface area (Å²) >= 11 is 0. The van der Waals surface area contributed by atoms with Crippen LogP contribution < -0.4 is 0 Å². The van der Waals surface area contributed by atoms with Crippen molar-refractivity contribution >= 4 is 12.0 Å². The van der Waals surface area contributed by atoms with Crippen LogP contribution in [0.1, 0.15) is 68.8 Å². The van der Waals surface area contributed by atoms with Crippen LogP contribution in [-0.2, 0) is 0 Å². The molecule has 110 valence electrons. The summed E-state index contributed by atoms with van der Waals surface area (Å²) < 4.78 is 0. The molecule has 0 fully saturated rings. The quantitative estimate of drug-likeness (QED) is 0.689. The van der Waals surface area contributed by atoms with E-state index in [1.165, 1.54) is 31.3 Å². The molecule has 0 heterocycles. The first-order valence-electron chi connectivity index (χ1n) is 7.57. The van der Waals surface area contributed by atoms with Crippen LogP contribution in [0.2, 0.25) is 0 Å². The number of aromatic carboxylic acids is 1. The number of carboxylic acid groups (broad SMARTS) is 1. The molecule has 1 atom stereocenters. The van der Waals surface area contributed by atoms with Gasteiger partial charge in [-0.3, -0.25) is 0 Å². The first kappa shape index (κ1) is 16.5. The van der Waals surface area contributed by atoms with Gasteiger partial charge in [-0.1, -0.05) is 63.3 Å². The number of hydrogen-bond donors (Lipinski definition) is 1. The van der Waals surface area contributed by atoms with Crippen LogP contribution >= 0.6 is 0 Å². The number of benzene rings is 1. The Labute approximate surface area is 122 Å². The van der Waals surface area contributed by atoms with Crippen molar-refractivity contribution in [1.82, 2.24) is 0 Å². The Balaban J connectivity index is 2.65. The molecule has 0 aromatic heterocycles. The summed E-state index contributed by atoms with van der Waals surface area (Å²) in [6, 6.07) is 7.07. The van der Waals surface area contributed by atoms with Crippen molar-refractivity contribution in [2.45, 2.75) is 52.9 Å². The minimum Gasteiger partial charge on any atom is -0.478 e. The van der Waals surface area contributed by atoms with Crippen molar-refractivity contribution in [1.29, 1.82) is 0 Å². The third-order valence-corrected chi connectivity index (χ3v) is 3.72. The third-order valence-electron chi connectivity index (χ3n) is 3.72. The van der Waals surface area contributed by atoms with E-state index in [9.17, 15) is 4.79 Å². The predicted molar refractivity (Wildman–Crippen MR) is 85.0 cm³/mol. The van der Waals surface area contributed by atoms with E-state index >= 15 is 0 Å². The summed E-state index contributed by atoms with van der Waals surface area (Å²) in [5.41, 5.74) is 2.79. The Bertz CT molecular complexity index is 443. The molecule has 0 bridgehead atoms. The van der Waals surface area contributed by atoms with Crippen LogP contribution in [0.3, 0.4) is 0 Å². The van der Waals surface area contributed by atoms with E-state index in [0.717, 1.165) is 17.9 Å². The molecule has 0 saturated carbocycles. The van der Waals surface area contributed by atoms with Crippen molar-refractivity contribution in [2.24, 2.45) is 5.92 Å². The molecule has 0 radical (unpaired) electrons. The van der Waals surface area contributed by atoms with E-state index < -0.39 is 5.97 Å². The van der Waals surface area contributed by atoms with Crippen molar-refractivity contribution in [3.05, 3.63) is 41.0 Å². The second-order valence-electron chi connectivity index (χ2n) is 5.54. The van der Waals surface area contributed by atoms with Gasteiger partial charge in [-0.25, -0.2) is 4.79 Å². The lowest BCUT2D eigenvalue weighted by Gasteiger charge is -2.14. The maximum Gasteiger partial charge on any atom is 0.335 e. The molecule has 1 aromatic rings. The normalized spacial score (nSPS) is 13.2. The minimum atomic E-state index is -0.872. The van der Waals surface area contributed by atoms with Gasteiger partial charge in [-0.15, -0.1) is 0 Å². The zero-order chi connectivity index (χ0) is 15.0. The lowest BCUT2D eigenvalue weighted by molar-refractivity contribution is 0.0697. The summed E-state index contributed by atoms with van der Waals surface area (Å²) in [5.74, 6) is -0.104. The van der Waals surface area contributed by atoms with E-state index in [-0.39, 0.29) is 0 Å². The molecule has 1 aromatic carbocycles. The van der Waals surface area contributed by atoms with Gasteiger partial charge in [0, 0.05) is 0 Å². The van der Waals surface area contributed by atoms with Crippen molar-refractivity contribution < 1.29 is 9.90 Å². The highest BCUT2D eigenvalue weighted by Gasteiger charge is 2.07. The van der Waals surface area contributed by atoms with Crippen LogP contribution in [0.5, 0.6) is 0 Å². The fraction of sp³-hybridized carbons (Fsp3) is 0.500. The van der Waals surface area contributed by atoms with Crippen molar-refractivity contribution in [3.63, 3.8) is 0 Å². The van der Waals surface area contributed by atoms with Crippen LogP contribution in [0, 0.1) is 5.92 Å². The monoisotopic (exact) mass is 274 g/mol. The molecule has 0 aliphatic heterocycles. The highest BCUT2D eigenvalue weighted by atomic mass is 16.4. The molecule has 0 aliphatic carbocycles. The van der Waals surface area contributed by atoms with Crippen LogP contribution in [-0.4, -0.2) is 11.1 Å². The number of unbranched alkanes of at least 4 members (excludes halogenated alkanes) is 1. The molecule has 0 spiro atoms. The van der Waals surface area contributed by atoms with Crippen LogP contribution in [0.15, 0.2) is 29.8 Å². The van der Waals surface area contributed by atoms with E-state index in [2.05, 4.69) is 26.8 Å². The highest BCUT2D eigenvalue weighted by Crippen LogP contribution is 2.22. The van der Waals surface area contributed by atoms with Gasteiger partial charge in [-0.2, -0.15) is 0 Å². The van der Waals surface area contributed by atoms with Crippen molar-refractivity contribution in [2.75, 3.05) is 0 Å². The summed E-state index contributed by atoms with van der Waals surface area (Å²) in [5, 5.41) is 8.88. The van der Waals surface area contributed by atoms with E-state index in [0.29, 0.717) is 5.56 Å². The van der Waals surface area contributed by atoms with Gasteiger partial charge in [0.2, 0.25) is 0 Å². The van der Waals surface area contributed by atoms with Gasteiger partial charge in [-0.05, 0) is 37.0 Å². The average Bonchev–Trinajstić information content (AvgIpc) is 2.43. The lowest BCUT2D eigenvalue weighted by atomic mass is 9.91. The van der Waals surface area contributed by atoms with E-state index in [4.69, 9.17) is 5.11 Å². The predicted octanol–water partition coefficient (Wildman–Crippen LogP) is 5.39. The smallest absolute Gasteiger partial charge is 0.335 e. The largest absolute Gasteiger partial charge is 0.478 e. The molecule has 2 heteroatoms. The molecule has 1 N–H and O–H groups in total. The summed E-state index contributed by atoms with van der Waals surface area (Å²) in [4.78, 5) is 10.8. The maximum absolute atomic E-state index is 10.8. The average molecular weight is 274 g/mol. The SMILES string of the molecule is CCCCC(CC)CC(C)=Cc1ccc(C(=O)O)cc1. The molecular formula is C18H26O2. The van der Waals surface area contributed by atoms with Crippen molar-refractivity contribution in [3.8, 4) is 0 Å². The fourth-order valence-corrected chi connectivity index (χ4v) is 2.46. The Morgan fingerprint density at radius 2 is 1.90 bits per heavy atom. The Morgan fingerprint density at radius 3 is 2.40 bits per heavy atom. The summed E-state index contributed by atoms with van der Waals surface area (Å²) in [6.45, 7) is 6.66. The zero-order valence-electron chi connectivity index (χ0n) is 12.9. The number of allylic oxidation sites excluding steroid dienone is 1.